The minimum absolute atomic E-state index is 0.144. The first kappa shape index (κ1) is 12.3. The van der Waals surface area contributed by atoms with E-state index in [0.717, 1.165) is 0 Å². The van der Waals surface area contributed by atoms with Gasteiger partial charge in [-0.3, -0.25) is 0 Å². The quantitative estimate of drug-likeness (QED) is 0.415. The van der Waals surface area contributed by atoms with Crippen LogP contribution in [-0.2, 0) is 9.53 Å². The number of likely N-dealkylation sites (N-methyl/N-ethyl adjacent to an activating group) is 1. The number of nitrogens with zero attached hydrogens (tertiary/aromatic N) is 1. The van der Waals surface area contributed by atoms with Crippen molar-refractivity contribution in [2.24, 2.45) is 0 Å². The van der Waals surface area contributed by atoms with E-state index in [1.54, 1.807) is 0 Å². The van der Waals surface area contributed by atoms with Gasteiger partial charge in [-0.1, -0.05) is 0 Å². The van der Waals surface area contributed by atoms with Crippen molar-refractivity contribution in [1.82, 2.24) is 0 Å². The maximum atomic E-state index is 11.0. The maximum Gasteiger partial charge on any atom is 0.361 e. The normalized spacial score (nSPS) is 13.9. The van der Waals surface area contributed by atoms with E-state index in [1.165, 1.54) is 0 Å². The van der Waals surface area contributed by atoms with Gasteiger partial charge in [0.15, 0.2) is 6.54 Å². The summed E-state index contributed by atoms with van der Waals surface area (Å²) in [6, 6.07) is 0. The molecule has 0 rings (SSSR count). The van der Waals surface area contributed by atoms with Crippen molar-refractivity contribution < 1.29 is 24.2 Å². The number of hydrogen-bond acceptors (Lipinski definition) is 4. The van der Waals surface area contributed by atoms with Crippen LogP contribution in [0.3, 0.4) is 0 Å². The second kappa shape index (κ2) is 5.16. The van der Waals surface area contributed by atoms with E-state index in [4.69, 9.17) is 14.9 Å². The van der Waals surface area contributed by atoms with Crippen LogP contribution in [0.2, 0.25) is 0 Å². The van der Waals surface area contributed by atoms with Crippen molar-refractivity contribution in [3.63, 3.8) is 0 Å². The fourth-order valence-electron chi connectivity index (χ4n) is 0.675. The second-order valence-electron chi connectivity index (χ2n) is 3.97. The maximum absolute atomic E-state index is 11.0. The molecule has 0 saturated heterocycles. The number of carbonyl (C=O) groups is 1. The van der Waals surface area contributed by atoms with E-state index in [0.29, 0.717) is 4.48 Å². The van der Waals surface area contributed by atoms with Crippen molar-refractivity contribution in [2.75, 3.05) is 40.9 Å². The molecule has 78 valence electrons. The topological polar surface area (TPSA) is 66.8 Å². The summed E-state index contributed by atoms with van der Waals surface area (Å²) >= 11 is 0. The molecule has 0 aliphatic heterocycles. The van der Waals surface area contributed by atoms with E-state index >= 15 is 0 Å². The summed E-state index contributed by atoms with van der Waals surface area (Å²) in [5.41, 5.74) is 0. The molecule has 0 aromatic carbocycles. The first-order valence-electron chi connectivity index (χ1n) is 4.10. The lowest BCUT2D eigenvalue weighted by atomic mass is 10.4. The zero-order valence-corrected chi connectivity index (χ0v) is 8.36. The highest BCUT2D eigenvalue weighted by Gasteiger charge is 2.16. The molecule has 0 aliphatic carbocycles. The molecule has 2 N–H and O–H groups in total. The number of ether oxygens (including phenoxy) is 1. The van der Waals surface area contributed by atoms with E-state index in [1.807, 2.05) is 21.1 Å². The summed E-state index contributed by atoms with van der Waals surface area (Å²) < 4.78 is 5.19. The lowest BCUT2D eigenvalue weighted by Gasteiger charge is -2.22. The van der Waals surface area contributed by atoms with Crippen LogP contribution in [0.25, 0.3) is 0 Å². The number of hydrogen-bond donors (Lipinski definition) is 2. The van der Waals surface area contributed by atoms with Gasteiger partial charge in [0, 0.05) is 0 Å². The number of carbonyl (C=O) groups excluding carboxylic acids is 1. The molecule has 1 atom stereocenters. The Morgan fingerprint density at radius 3 is 2.38 bits per heavy atom. The van der Waals surface area contributed by atoms with Crippen molar-refractivity contribution >= 4 is 5.97 Å². The van der Waals surface area contributed by atoms with Gasteiger partial charge >= 0.3 is 5.97 Å². The minimum Gasteiger partial charge on any atom is -0.459 e. The molecule has 0 fully saturated rings. The van der Waals surface area contributed by atoms with Gasteiger partial charge in [-0.2, -0.15) is 0 Å². The van der Waals surface area contributed by atoms with Crippen LogP contribution in [-0.4, -0.2) is 67.7 Å². The molecule has 0 heterocycles. The molecule has 0 saturated carbocycles. The molecular weight excluding hydrogens is 174 g/mol. The Hall–Kier alpha value is -0.650. The summed E-state index contributed by atoms with van der Waals surface area (Å²) in [4.78, 5) is 11.0. The first-order valence-corrected chi connectivity index (χ1v) is 4.10. The molecule has 5 nitrogen and oxygen atoms in total. The summed E-state index contributed by atoms with van der Waals surface area (Å²) in [5, 5.41) is 17.3. The van der Waals surface area contributed by atoms with Crippen LogP contribution in [0.15, 0.2) is 0 Å². The van der Waals surface area contributed by atoms with Crippen LogP contribution in [0.5, 0.6) is 0 Å². The molecule has 5 heteroatoms. The van der Waals surface area contributed by atoms with E-state index in [2.05, 4.69) is 0 Å². The van der Waals surface area contributed by atoms with E-state index < -0.39 is 12.7 Å². The van der Waals surface area contributed by atoms with Gasteiger partial charge in [0.25, 0.3) is 0 Å². The van der Waals surface area contributed by atoms with Crippen LogP contribution < -0.4 is 0 Å². The van der Waals surface area contributed by atoms with E-state index in [9.17, 15) is 4.79 Å². The van der Waals surface area contributed by atoms with Gasteiger partial charge in [0.05, 0.1) is 27.7 Å². The van der Waals surface area contributed by atoms with Crippen LogP contribution in [0, 0.1) is 0 Å². The fourth-order valence-corrected chi connectivity index (χ4v) is 0.675. The van der Waals surface area contributed by atoms with Gasteiger partial charge in [-0.25, -0.2) is 4.79 Å². The number of aliphatic hydroxyl groups excluding tert-OH is 2. The lowest BCUT2D eigenvalue weighted by molar-refractivity contribution is -0.862. The van der Waals surface area contributed by atoms with Gasteiger partial charge in [-0.15, -0.1) is 0 Å². The molecule has 0 radical (unpaired) electrons. The Labute approximate surface area is 78.1 Å². The molecular formula is C8H18NO4+. The molecule has 0 aromatic rings. The van der Waals surface area contributed by atoms with Crippen molar-refractivity contribution in [3.8, 4) is 0 Å². The second-order valence-corrected chi connectivity index (χ2v) is 3.97. The zero-order chi connectivity index (χ0) is 10.5. The predicted octanol–water partition coefficient (Wildman–Crippen LogP) is -1.41. The third kappa shape index (κ3) is 7.70. The fraction of sp³-hybridized carbons (Fsp3) is 0.875. The third-order valence-electron chi connectivity index (χ3n) is 1.25. The summed E-state index contributed by atoms with van der Waals surface area (Å²) in [5.74, 6) is -0.375. The summed E-state index contributed by atoms with van der Waals surface area (Å²) in [6.45, 7) is -0.287. The largest absolute Gasteiger partial charge is 0.459 e. The third-order valence-corrected chi connectivity index (χ3v) is 1.25. The van der Waals surface area contributed by atoms with Gasteiger partial charge in [0.2, 0.25) is 0 Å². The Balaban J connectivity index is 3.64. The number of esters is 1. The van der Waals surface area contributed by atoms with Gasteiger partial charge < -0.3 is 19.4 Å². The minimum atomic E-state index is -0.976. The SMILES string of the molecule is C[N+](C)(C)CC(=O)OCC(O)CO. The standard InChI is InChI=1S/C8H18NO4/c1-9(2,3)4-8(12)13-6-7(11)5-10/h7,10-11H,4-6H2,1-3H3/q+1. The Morgan fingerprint density at radius 1 is 1.46 bits per heavy atom. The smallest absolute Gasteiger partial charge is 0.361 e. The summed E-state index contributed by atoms with van der Waals surface area (Å²) in [6.07, 6.45) is -0.976. The van der Waals surface area contributed by atoms with Gasteiger partial charge in [0.1, 0.15) is 12.7 Å². The van der Waals surface area contributed by atoms with Crippen LogP contribution in [0.1, 0.15) is 0 Å². The molecule has 0 aromatic heterocycles. The molecule has 0 spiro atoms. The van der Waals surface area contributed by atoms with Crippen molar-refractivity contribution in [2.45, 2.75) is 6.10 Å². The Kier molecular flexibility index (Phi) is 4.90. The summed E-state index contributed by atoms with van der Waals surface area (Å²) in [7, 11) is 5.59. The monoisotopic (exact) mass is 192 g/mol. The zero-order valence-electron chi connectivity index (χ0n) is 8.36. The average molecular weight is 192 g/mol. The lowest BCUT2D eigenvalue weighted by Crippen LogP contribution is -2.40. The molecule has 0 aliphatic rings. The molecule has 13 heavy (non-hydrogen) atoms. The number of aliphatic hydroxyl groups is 2. The highest BCUT2D eigenvalue weighted by molar-refractivity contribution is 5.70. The van der Waals surface area contributed by atoms with Crippen molar-refractivity contribution in [3.05, 3.63) is 0 Å². The molecule has 0 amide bonds. The highest BCUT2D eigenvalue weighted by atomic mass is 16.5. The number of quaternary nitrogens is 1. The predicted molar refractivity (Wildman–Crippen MR) is 47.0 cm³/mol. The highest BCUT2D eigenvalue weighted by Crippen LogP contribution is 1.92. The molecule has 1 unspecified atom stereocenters. The van der Waals surface area contributed by atoms with Crippen molar-refractivity contribution in [1.29, 1.82) is 0 Å². The number of rotatable bonds is 5. The van der Waals surface area contributed by atoms with Crippen LogP contribution in [0.4, 0.5) is 0 Å². The molecule has 0 bridgehead atoms. The Bertz CT molecular complexity index is 164. The first-order chi connectivity index (χ1) is 5.85. The van der Waals surface area contributed by atoms with Gasteiger partial charge in [-0.05, 0) is 0 Å². The van der Waals surface area contributed by atoms with Crippen LogP contribution >= 0.6 is 0 Å². The average Bonchev–Trinajstić information content (AvgIpc) is 1.97. The van der Waals surface area contributed by atoms with E-state index in [-0.39, 0.29) is 19.1 Å². The Morgan fingerprint density at radius 2 is 2.00 bits per heavy atom.